The van der Waals surface area contributed by atoms with Crippen LogP contribution in [0.5, 0.6) is 0 Å². The van der Waals surface area contributed by atoms with Crippen molar-refractivity contribution in [2.45, 2.75) is 60.0 Å². The Balaban J connectivity index is 2.19. The molecule has 2 aromatic rings. The normalized spacial score (nSPS) is 12.6. The van der Waals surface area contributed by atoms with Crippen molar-refractivity contribution in [1.82, 2.24) is 10.2 Å². The summed E-state index contributed by atoms with van der Waals surface area (Å²) < 4.78 is 5.94. The molecule has 1 aromatic heterocycles. The third-order valence-electron chi connectivity index (χ3n) is 4.72. The van der Waals surface area contributed by atoms with Gasteiger partial charge < -0.3 is 14.6 Å². The molecule has 1 aromatic carbocycles. The van der Waals surface area contributed by atoms with Crippen molar-refractivity contribution in [3.8, 4) is 0 Å². The molecule has 27 heavy (non-hydrogen) atoms. The minimum Gasteiger partial charge on any atom is -0.461 e. The molecule has 148 valence electrons. The summed E-state index contributed by atoms with van der Waals surface area (Å²) in [6.45, 7) is 10.4. The Bertz CT molecular complexity index is 792. The summed E-state index contributed by atoms with van der Waals surface area (Å²) in [7, 11) is 1.79. The van der Waals surface area contributed by atoms with Crippen LogP contribution in [0, 0.1) is 11.8 Å². The zero-order valence-corrected chi connectivity index (χ0v) is 17.3. The summed E-state index contributed by atoms with van der Waals surface area (Å²) >= 11 is 0. The van der Waals surface area contributed by atoms with Gasteiger partial charge in [0.2, 0.25) is 11.8 Å². The molecule has 1 heterocycles. The van der Waals surface area contributed by atoms with Gasteiger partial charge in [0.05, 0.1) is 0 Å². The fourth-order valence-electron chi connectivity index (χ4n) is 3.28. The second-order valence-electron chi connectivity index (χ2n) is 7.93. The van der Waals surface area contributed by atoms with Gasteiger partial charge in [0.25, 0.3) is 0 Å². The molecule has 0 saturated carbocycles. The summed E-state index contributed by atoms with van der Waals surface area (Å²) in [4.78, 5) is 26.9. The summed E-state index contributed by atoms with van der Waals surface area (Å²) in [6, 6.07) is 7.37. The average Bonchev–Trinajstić information content (AvgIpc) is 2.96. The number of nitrogens with zero attached hydrogens (tertiary/aromatic N) is 1. The Hall–Kier alpha value is -2.30. The molecule has 1 N–H and O–H groups in total. The van der Waals surface area contributed by atoms with E-state index in [0.717, 1.165) is 28.7 Å². The van der Waals surface area contributed by atoms with Crippen molar-refractivity contribution >= 4 is 22.8 Å². The standard InChI is InChI=1S/C22H32N2O3/c1-7-18-17(16-10-8-9-11-19(16)27-18)13-24(6)22(26)21(15(4)5)23-20(25)12-14(2)3/h8-11,14-15,21H,7,12-13H2,1-6H3,(H,23,25). The first-order chi connectivity index (χ1) is 12.7. The van der Waals surface area contributed by atoms with Crippen LogP contribution in [0.2, 0.25) is 0 Å². The highest BCUT2D eigenvalue weighted by molar-refractivity contribution is 5.88. The lowest BCUT2D eigenvalue weighted by Crippen LogP contribution is -2.50. The van der Waals surface area contributed by atoms with Gasteiger partial charge in [-0.1, -0.05) is 52.8 Å². The van der Waals surface area contributed by atoms with E-state index in [2.05, 4.69) is 5.32 Å². The van der Waals surface area contributed by atoms with Crippen LogP contribution in [0.4, 0.5) is 0 Å². The molecule has 5 nitrogen and oxygen atoms in total. The molecule has 2 amide bonds. The molecule has 1 atom stereocenters. The van der Waals surface area contributed by atoms with Gasteiger partial charge in [0.1, 0.15) is 17.4 Å². The predicted octanol–water partition coefficient (Wildman–Crippen LogP) is 4.14. The van der Waals surface area contributed by atoms with E-state index in [0.29, 0.717) is 13.0 Å². The van der Waals surface area contributed by atoms with Gasteiger partial charge in [-0.2, -0.15) is 0 Å². The molecule has 0 fully saturated rings. The van der Waals surface area contributed by atoms with E-state index in [1.165, 1.54) is 0 Å². The SMILES string of the molecule is CCc1oc2ccccc2c1CN(C)C(=O)C(NC(=O)CC(C)C)C(C)C. The number of aryl methyl sites for hydroxylation is 1. The average molecular weight is 373 g/mol. The number of nitrogens with one attached hydrogen (secondary N) is 1. The first kappa shape index (κ1) is 21.0. The van der Waals surface area contributed by atoms with E-state index in [1.807, 2.05) is 58.9 Å². The molecule has 0 spiro atoms. The highest BCUT2D eigenvalue weighted by Crippen LogP contribution is 2.27. The zero-order valence-electron chi connectivity index (χ0n) is 17.3. The highest BCUT2D eigenvalue weighted by Gasteiger charge is 2.28. The van der Waals surface area contributed by atoms with Crippen LogP contribution in [0.25, 0.3) is 11.0 Å². The van der Waals surface area contributed by atoms with Crippen molar-refractivity contribution in [2.75, 3.05) is 7.05 Å². The number of carbonyl (C=O) groups is 2. The summed E-state index contributed by atoms with van der Waals surface area (Å²) in [6.07, 6.45) is 1.19. The van der Waals surface area contributed by atoms with Gasteiger partial charge in [-0.3, -0.25) is 9.59 Å². The molecule has 0 aliphatic carbocycles. The van der Waals surface area contributed by atoms with Crippen LogP contribution in [0.3, 0.4) is 0 Å². The summed E-state index contributed by atoms with van der Waals surface area (Å²) in [5.41, 5.74) is 1.89. The van der Waals surface area contributed by atoms with E-state index >= 15 is 0 Å². The van der Waals surface area contributed by atoms with Crippen LogP contribution >= 0.6 is 0 Å². The van der Waals surface area contributed by atoms with Crippen molar-refractivity contribution in [3.63, 3.8) is 0 Å². The summed E-state index contributed by atoms with van der Waals surface area (Å²) in [5, 5.41) is 3.96. The molecular formula is C22H32N2O3. The maximum atomic E-state index is 13.0. The third-order valence-corrected chi connectivity index (χ3v) is 4.72. The van der Waals surface area contributed by atoms with Crippen LogP contribution in [0.15, 0.2) is 28.7 Å². The largest absolute Gasteiger partial charge is 0.461 e. The number of hydrogen-bond donors (Lipinski definition) is 1. The number of likely N-dealkylation sites (N-methyl/N-ethyl adjacent to an activating group) is 1. The van der Waals surface area contributed by atoms with Crippen molar-refractivity contribution in [3.05, 3.63) is 35.6 Å². The van der Waals surface area contributed by atoms with Gasteiger partial charge in [0, 0.05) is 37.4 Å². The van der Waals surface area contributed by atoms with Gasteiger partial charge in [-0.15, -0.1) is 0 Å². The first-order valence-electron chi connectivity index (χ1n) is 9.78. The Kier molecular flexibility index (Phi) is 7.05. The number of hydrogen-bond acceptors (Lipinski definition) is 3. The van der Waals surface area contributed by atoms with Gasteiger partial charge in [0.15, 0.2) is 0 Å². The Morgan fingerprint density at radius 1 is 1.15 bits per heavy atom. The van der Waals surface area contributed by atoms with Crippen LogP contribution in [0.1, 0.15) is 52.4 Å². The molecule has 0 saturated heterocycles. The van der Waals surface area contributed by atoms with Crippen molar-refractivity contribution < 1.29 is 14.0 Å². The van der Waals surface area contributed by atoms with Crippen LogP contribution < -0.4 is 5.32 Å². The molecule has 0 aliphatic rings. The van der Waals surface area contributed by atoms with E-state index in [1.54, 1.807) is 11.9 Å². The number of benzene rings is 1. The molecule has 1 unspecified atom stereocenters. The number of rotatable bonds is 8. The van der Waals surface area contributed by atoms with Gasteiger partial charge >= 0.3 is 0 Å². The molecule has 0 aliphatic heterocycles. The minimum absolute atomic E-state index is 0.0165. The van der Waals surface area contributed by atoms with E-state index in [-0.39, 0.29) is 23.7 Å². The number of amides is 2. The maximum Gasteiger partial charge on any atom is 0.245 e. The quantitative estimate of drug-likeness (QED) is 0.757. The molecule has 2 rings (SSSR count). The summed E-state index contributed by atoms with van der Waals surface area (Å²) in [5.74, 6) is 1.03. The van der Waals surface area contributed by atoms with Crippen LogP contribution in [-0.2, 0) is 22.6 Å². The van der Waals surface area contributed by atoms with E-state index < -0.39 is 6.04 Å². The molecule has 5 heteroatoms. The number of fused-ring (bicyclic) bond motifs is 1. The van der Waals surface area contributed by atoms with Crippen molar-refractivity contribution in [2.24, 2.45) is 11.8 Å². The Morgan fingerprint density at radius 2 is 1.81 bits per heavy atom. The number of para-hydroxylation sites is 1. The fraction of sp³-hybridized carbons (Fsp3) is 0.545. The fourth-order valence-corrected chi connectivity index (χ4v) is 3.28. The topological polar surface area (TPSA) is 62.6 Å². The smallest absolute Gasteiger partial charge is 0.245 e. The van der Waals surface area contributed by atoms with E-state index in [9.17, 15) is 9.59 Å². The lowest BCUT2D eigenvalue weighted by Gasteiger charge is -2.27. The predicted molar refractivity (Wildman–Crippen MR) is 108 cm³/mol. The zero-order chi connectivity index (χ0) is 20.1. The van der Waals surface area contributed by atoms with Gasteiger partial charge in [-0.25, -0.2) is 0 Å². The van der Waals surface area contributed by atoms with Crippen molar-refractivity contribution in [1.29, 1.82) is 0 Å². The first-order valence-corrected chi connectivity index (χ1v) is 9.78. The second kappa shape index (κ2) is 9.07. The lowest BCUT2D eigenvalue weighted by molar-refractivity contribution is -0.137. The Labute approximate surface area is 162 Å². The monoisotopic (exact) mass is 372 g/mol. The maximum absolute atomic E-state index is 13.0. The number of carbonyl (C=O) groups excluding carboxylic acids is 2. The third kappa shape index (κ3) is 5.12. The van der Waals surface area contributed by atoms with Crippen LogP contribution in [-0.4, -0.2) is 29.8 Å². The Morgan fingerprint density at radius 3 is 2.41 bits per heavy atom. The van der Waals surface area contributed by atoms with E-state index in [4.69, 9.17) is 4.42 Å². The number of furan rings is 1. The molecule has 0 radical (unpaired) electrons. The lowest BCUT2D eigenvalue weighted by atomic mass is 10.0. The second-order valence-corrected chi connectivity index (χ2v) is 7.93. The molecular weight excluding hydrogens is 340 g/mol. The minimum atomic E-state index is -0.524. The highest BCUT2D eigenvalue weighted by atomic mass is 16.3. The molecule has 0 bridgehead atoms. The van der Waals surface area contributed by atoms with Gasteiger partial charge in [-0.05, 0) is 17.9 Å².